The van der Waals surface area contributed by atoms with Crippen molar-refractivity contribution < 1.29 is 18.7 Å². The summed E-state index contributed by atoms with van der Waals surface area (Å²) in [4.78, 5) is 11.3. The minimum Gasteiger partial charge on any atom is -0.486 e. The summed E-state index contributed by atoms with van der Waals surface area (Å²) in [6.45, 7) is 5.48. The van der Waals surface area contributed by atoms with E-state index in [1.807, 2.05) is 0 Å². The second kappa shape index (κ2) is 7.92. The Hall–Kier alpha value is -1.52. The largest absolute Gasteiger partial charge is 0.486 e. The molecule has 3 nitrogen and oxygen atoms in total. The third kappa shape index (κ3) is 4.25. The molecule has 0 radical (unpaired) electrons. The zero-order valence-corrected chi connectivity index (χ0v) is 12.3. The lowest BCUT2D eigenvalue weighted by Gasteiger charge is -2.11. The lowest BCUT2D eigenvalue weighted by molar-refractivity contribution is -0.137. The van der Waals surface area contributed by atoms with Gasteiger partial charge in [0.15, 0.2) is 11.6 Å². The van der Waals surface area contributed by atoms with Gasteiger partial charge in [0, 0.05) is 11.6 Å². The normalized spacial score (nSPS) is 10.6. The number of carbonyl (C=O) groups is 1. The fourth-order valence-corrected chi connectivity index (χ4v) is 1.78. The van der Waals surface area contributed by atoms with Crippen LogP contribution < -0.4 is 4.74 Å². The van der Waals surface area contributed by atoms with Gasteiger partial charge >= 0.3 is 5.97 Å². The maximum absolute atomic E-state index is 13.8. The Balaban J connectivity index is 3.19. The minimum absolute atomic E-state index is 0.0265. The summed E-state index contributed by atoms with van der Waals surface area (Å²) < 4.78 is 23.8. The second-order valence-corrected chi connectivity index (χ2v) is 4.37. The van der Waals surface area contributed by atoms with E-state index < -0.39 is 11.8 Å². The van der Waals surface area contributed by atoms with Gasteiger partial charge in [-0.2, -0.15) is 0 Å². The molecule has 0 spiro atoms. The first kappa shape index (κ1) is 16.5. The molecule has 1 aromatic rings. The van der Waals surface area contributed by atoms with E-state index in [9.17, 15) is 9.18 Å². The minimum atomic E-state index is -0.676. The van der Waals surface area contributed by atoms with Crippen molar-refractivity contribution in [3.63, 3.8) is 0 Å². The Morgan fingerprint density at radius 1 is 1.50 bits per heavy atom. The van der Waals surface area contributed by atoms with Crippen molar-refractivity contribution in [2.45, 2.75) is 6.92 Å². The van der Waals surface area contributed by atoms with E-state index in [4.69, 9.17) is 32.7 Å². The second-order valence-electron chi connectivity index (χ2n) is 3.58. The molecule has 0 bridgehead atoms. The molecular weight excluding hydrogens is 306 g/mol. The average Bonchev–Trinajstić information content (AvgIpc) is 2.40. The van der Waals surface area contributed by atoms with Gasteiger partial charge in [-0.3, -0.25) is 0 Å². The molecule has 0 unspecified atom stereocenters. The van der Waals surface area contributed by atoms with Crippen molar-refractivity contribution in [2.75, 3.05) is 13.2 Å². The van der Waals surface area contributed by atoms with Crippen LogP contribution in [0.1, 0.15) is 12.5 Å². The Bertz CT molecular complexity index is 542. The zero-order chi connectivity index (χ0) is 15.1. The fraction of sp³-hybridized carbons (Fsp3) is 0.214. The number of hydrogen-bond donors (Lipinski definition) is 0. The predicted molar refractivity (Wildman–Crippen MR) is 77.8 cm³/mol. The Labute approximate surface area is 126 Å². The monoisotopic (exact) mass is 318 g/mol. The van der Waals surface area contributed by atoms with E-state index in [1.54, 1.807) is 6.92 Å². The number of esters is 1. The van der Waals surface area contributed by atoms with E-state index in [2.05, 4.69) is 6.58 Å². The van der Waals surface area contributed by atoms with Gasteiger partial charge in [0.1, 0.15) is 6.61 Å². The van der Waals surface area contributed by atoms with Gasteiger partial charge in [-0.25, -0.2) is 9.18 Å². The maximum atomic E-state index is 13.8. The number of rotatable bonds is 6. The molecule has 0 amide bonds. The number of ether oxygens (including phenoxy) is 2. The summed E-state index contributed by atoms with van der Waals surface area (Å²) in [5.41, 5.74) is 0.173. The first-order valence-electron chi connectivity index (χ1n) is 5.77. The van der Waals surface area contributed by atoms with Gasteiger partial charge in [-0.1, -0.05) is 35.9 Å². The van der Waals surface area contributed by atoms with Crippen molar-refractivity contribution in [1.82, 2.24) is 0 Å². The molecule has 0 heterocycles. The first-order valence-corrected chi connectivity index (χ1v) is 6.52. The number of halogens is 3. The Kier molecular flexibility index (Phi) is 6.55. The smallest absolute Gasteiger partial charge is 0.330 e. The lowest BCUT2D eigenvalue weighted by Crippen LogP contribution is -2.01. The van der Waals surface area contributed by atoms with Gasteiger partial charge in [0.05, 0.1) is 16.7 Å². The maximum Gasteiger partial charge on any atom is 0.330 e. The van der Waals surface area contributed by atoms with Crippen molar-refractivity contribution in [2.24, 2.45) is 0 Å². The van der Waals surface area contributed by atoms with E-state index in [-0.39, 0.29) is 34.6 Å². The Morgan fingerprint density at radius 2 is 2.20 bits per heavy atom. The molecule has 0 saturated carbocycles. The predicted octanol–water partition coefficient (Wildman–Crippen LogP) is 4.27. The van der Waals surface area contributed by atoms with Crippen LogP contribution in [0.4, 0.5) is 4.39 Å². The summed E-state index contributed by atoms with van der Waals surface area (Å²) in [5.74, 6) is -1.34. The molecule has 0 N–H and O–H groups in total. The highest BCUT2D eigenvalue weighted by Gasteiger charge is 2.16. The van der Waals surface area contributed by atoms with Crippen LogP contribution in [-0.2, 0) is 9.53 Å². The third-order valence-corrected chi connectivity index (χ3v) is 2.98. The van der Waals surface area contributed by atoms with E-state index in [0.29, 0.717) is 0 Å². The number of hydrogen-bond acceptors (Lipinski definition) is 3. The molecule has 6 heteroatoms. The van der Waals surface area contributed by atoms with Crippen LogP contribution in [0.25, 0.3) is 6.08 Å². The van der Waals surface area contributed by atoms with Crippen molar-refractivity contribution >= 4 is 35.2 Å². The zero-order valence-electron chi connectivity index (χ0n) is 10.8. The summed E-state index contributed by atoms with van der Waals surface area (Å²) >= 11 is 11.8. The highest BCUT2D eigenvalue weighted by Crippen LogP contribution is 2.36. The van der Waals surface area contributed by atoms with E-state index in [0.717, 1.165) is 12.1 Å². The molecule has 0 aliphatic heterocycles. The quantitative estimate of drug-likeness (QED) is 0.340. The molecule has 0 atom stereocenters. The summed E-state index contributed by atoms with van der Waals surface area (Å²) in [7, 11) is 0. The van der Waals surface area contributed by atoms with E-state index >= 15 is 0 Å². The van der Waals surface area contributed by atoms with Crippen LogP contribution in [0.2, 0.25) is 10.0 Å². The van der Waals surface area contributed by atoms with Crippen LogP contribution in [-0.4, -0.2) is 19.2 Å². The number of carbonyl (C=O) groups excluding carboxylic acids is 1. The van der Waals surface area contributed by atoms with Crippen molar-refractivity contribution in [1.29, 1.82) is 0 Å². The van der Waals surface area contributed by atoms with Crippen LogP contribution >= 0.6 is 23.2 Å². The highest BCUT2D eigenvalue weighted by atomic mass is 35.5. The third-order valence-electron chi connectivity index (χ3n) is 2.18. The van der Waals surface area contributed by atoms with Crippen molar-refractivity contribution in [3.05, 3.63) is 46.2 Å². The molecule has 1 aromatic carbocycles. The van der Waals surface area contributed by atoms with Gasteiger partial charge in [0.25, 0.3) is 0 Å². The van der Waals surface area contributed by atoms with Gasteiger partial charge < -0.3 is 9.47 Å². The SMILES string of the molecule is C=CCOc1c(F)cc(Cl)c(Cl)c1/C=C/C(=O)OCC. The first-order chi connectivity index (χ1) is 9.51. The van der Waals surface area contributed by atoms with Crippen LogP contribution in [0.15, 0.2) is 24.8 Å². The average molecular weight is 319 g/mol. The van der Waals surface area contributed by atoms with E-state index in [1.165, 1.54) is 12.2 Å². The number of benzene rings is 1. The summed E-state index contributed by atoms with van der Waals surface area (Å²) in [6, 6.07) is 1.05. The summed E-state index contributed by atoms with van der Waals surface area (Å²) in [5, 5.41) is 0.117. The van der Waals surface area contributed by atoms with Crippen molar-refractivity contribution in [3.8, 4) is 5.75 Å². The molecule has 1 rings (SSSR count). The molecular formula is C14H13Cl2FO3. The molecule has 0 fully saturated rings. The van der Waals surface area contributed by atoms with Crippen LogP contribution in [0.5, 0.6) is 5.75 Å². The van der Waals surface area contributed by atoms with Gasteiger partial charge in [-0.05, 0) is 19.1 Å². The molecule has 0 aliphatic carbocycles. The molecule has 0 aliphatic rings. The molecule has 0 aromatic heterocycles. The molecule has 20 heavy (non-hydrogen) atoms. The highest BCUT2D eigenvalue weighted by molar-refractivity contribution is 6.43. The fourth-order valence-electron chi connectivity index (χ4n) is 1.38. The lowest BCUT2D eigenvalue weighted by atomic mass is 10.1. The molecule has 108 valence electrons. The van der Waals surface area contributed by atoms with Crippen LogP contribution in [0.3, 0.4) is 0 Å². The topological polar surface area (TPSA) is 35.5 Å². The standard InChI is InChI=1S/C14H13Cl2FO3/c1-3-7-20-14-9(5-6-12(18)19-4-2)13(16)10(15)8-11(14)17/h3,5-6,8H,1,4,7H2,2H3/b6-5+. The summed E-state index contributed by atoms with van der Waals surface area (Å²) in [6.07, 6.45) is 3.88. The van der Waals surface area contributed by atoms with Crippen LogP contribution in [0, 0.1) is 5.82 Å². The molecule has 0 saturated heterocycles. The van der Waals surface area contributed by atoms with Gasteiger partial charge in [-0.15, -0.1) is 0 Å². The Morgan fingerprint density at radius 3 is 2.80 bits per heavy atom. The van der Waals surface area contributed by atoms with Gasteiger partial charge in [0.2, 0.25) is 0 Å².